The van der Waals surface area contributed by atoms with Crippen LogP contribution in [0.25, 0.3) is 16.7 Å². The highest BCUT2D eigenvalue weighted by atomic mass is 32.2. The number of alkyl halides is 1. The van der Waals surface area contributed by atoms with Crippen LogP contribution in [0.15, 0.2) is 46.5 Å². The summed E-state index contributed by atoms with van der Waals surface area (Å²) in [7, 11) is 0. The van der Waals surface area contributed by atoms with E-state index in [0.717, 1.165) is 23.6 Å². The van der Waals surface area contributed by atoms with E-state index in [2.05, 4.69) is 4.57 Å². The maximum atomic E-state index is 13.2. The summed E-state index contributed by atoms with van der Waals surface area (Å²) in [6.07, 6.45) is 4.48. The normalized spacial score (nSPS) is 14.0. The van der Waals surface area contributed by atoms with E-state index in [-0.39, 0.29) is 12.2 Å². The van der Waals surface area contributed by atoms with Crippen molar-refractivity contribution in [3.05, 3.63) is 46.9 Å². The van der Waals surface area contributed by atoms with E-state index < -0.39 is 6.67 Å². The summed E-state index contributed by atoms with van der Waals surface area (Å²) >= 11 is 1.55. The van der Waals surface area contributed by atoms with E-state index in [0.29, 0.717) is 22.2 Å². The number of benzene rings is 1. The largest absolute Gasteiger partial charge is 0.491 e. The molecule has 0 unspecified atom stereocenters. The number of ether oxygens (including phenoxy) is 1. The van der Waals surface area contributed by atoms with E-state index >= 15 is 0 Å². The first-order valence-corrected chi connectivity index (χ1v) is 10.2. The minimum atomic E-state index is -0.531. The Kier molecular flexibility index (Phi) is 5.20. The fourth-order valence-electron chi connectivity index (χ4n) is 3.13. The minimum absolute atomic E-state index is 0.0260. The molecule has 1 aromatic carbocycles. The SMILES string of the molecule is CCSc1nc2c(ccn2CC2CC2)c(=O)n1-c1ccc(OCCF)cc1. The molecule has 1 saturated carbocycles. The molecule has 1 aliphatic rings. The zero-order valence-corrected chi connectivity index (χ0v) is 16.0. The number of thioether (sulfide) groups is 1. The summed E-state index contributed by atoms with van der Waals surface area (Å²) in [4.78, 5) is 18.0. The monoisotopic (exact) mass is 387 g/mol. The van der Waals surface area contributed by atoms with Crippen LogP contribution in [-0.4, -0.2) is 33.2 Å². The summed E-state index contributed by atoms with van der Waals surface area (Å²) in [6, 6.07) is 8.98. The standard InChI is InChI=1S/C20H22FN3O2S/c1-2-27-20-22-18-17(9-11-23(18)13-14-3-4-14)19(25)24(20)15-5-7-16(8-6-15)26-12-10-21/h5-9,11,14H,2-4,10,12-13H2,1H3. The minimum Gasteiger partial charge on any atom is -0.491 e. The summed E-state index contributed by atoms with van der Waals surface area (Å²) in [6.45, 7) is 2.47. The molecule has 0 spiro atoms. The lowest BCUT2D eigenvalue weighted by molar-refractivity contribution is 0.273. The predicted molar refractivity (Wildman–Crippen MR) is 106 cm³/mol. The lowest BCUT2D eigenvalue weighted by Gasteiger charge is -2.13. The van der Waals surface area contributed by atoms with Crippen molar-refractivity contribution in [2.24, 2.45) is 5.92 Å². The highest BCUT2D eigenvalue weighted by molar-refractivity contribution is 7.99. The van der Waals surface area contributed by atoms with E-state index in [1.165, 1.54) is 12.8 Å². The van der Waals surface area contributed by atoms with Crippen molar-refractivity contribution in [2.45, 2.75) is 31.5 Å². The third kappa shape index (κ3) is 3.74. The highest BCUT2D eigenvalue weighted by Crippen LogP contribution is 2.32. The maximum absolute atomic E-state index is 13.2. The Labute approximate surface area is 161 Å². The Morgan fingerprint density at radius 2 is 2.04 bits per heavy atom. The first kappa shape index (κ1) is 18.1. The molecule has 0 aliphatic heterocycles. The van der Waals surface area contributed by atoms with Crippen LogP contribution >= 0.6 is 11.8 Å². The van der Waals surface area contributed by atoms with Crippen LogP contribution in [0.1, 0.15) is 19.8 Å². The summed E-state index contributed by atoms with van der Waals surface area (Å²) in [5, 5.41) is 1.32. The molecule has 5 nitrogen and oxygen atoms in total. The van der Waals surface area contributed by atoms with Crippen LogP contribution in [0.4, 0.5) is 4.39 Å². The molecule has 0 radical (unpaired) electrons. The summed E-state index contributed by atoms with van der Waals surface area (Å²) in [5.74, 6) is 2.11. The number of aromatic nitrogens is 3. The second-order valence-electron chi connectivity index (χ2n) is 6.65. The highest BCUT2D eigenvalue weighted by Gasteiger charge is 2.23. The number of nitrogens with zero attached hydrogens (tertiary/aromatic N) is 3. The van der Waals surface area contributed by atoms with Gasteiger partial charge in [0.2, 0.25) is 0 Å². The number of hydrogen-bond acceptors (Lipinski definition) is 4. The molecule has 1 aliphatic carbocycles. The average Bonchev–Trinajstić information content (AvgIpc) is 3.41. The van der Waals surface area contributed by atoms with Crippen LogP contribution in [0, 0.1) is 5.92 Å². The quantitative estimate of drug-likeness (QED) is 0.432. The van der Waals surface area contributed by atoms with Crippen molar-refractivity contribution < 1.29 is 9.13 Å². The number of fused-ring (bicyclic) bond motifs is 1. The van der Waals surface area contributed by atoms with E-state index in [9.17, 15) is 9.18 Å². The average molecular weight is 387 g/mol. The molecule has 2 aromatic heterocycles. The van der Waals surface area contributed by atoms with Gasteiger partial charge in [-0.05, 0) is 54.8 Å². The van der Waals surface area contributed by atoms with Crippen molar-refractivity contribution in [1.29, 1.82) is 0 Å². The molecule has 27 heavy (non-hydrogen) atoms. The Balaban J connectivity index is 1.77. The van der Waals surface area contributed by atoms with E-state index in [4.69, 9.17) is 9.72 Å². The van der Waals surface area contributed by atoms with Crippen molar-refractivity contribution in [2.75, 3.05) is 19.0 Å². The fraction of sp³-hybridized carbons (Fsp3) is 0.400. The fourth-order valence-corrected chi connectivity index (χ4v) is 3.86. The van der Waals surface area contributed by atoms with Gasteiger partial charge in [0.15, 0.2) is 5.16 Å². The Hall–Kier alpha value is -2.28. The molecule has 0 atom stereocenters. The van der Waals surface area contributed by atoms with Crippen LogP contribution < -0.4 is 10.3 Å². The van der Waals surface area contributed by atoms with Crippen LogP contribution in [0.3, 0.4) is 0 Å². The molecule has 3 aromatic rings. The topological polar surface area (TPSA) is 49.0 Å². The zero-order chi connectivity index (χ0) is 18.8. The lowest BCUT2D eigenvalue weighted by Crippen LogP contribution is -2.22. The number of halogens is 1. The van der Waals surface area contributed by atoms with Gasteiger partial charge < -0.3 is 9.30 Å². The molecule has 0 saturated heterocycles. The number of hydrogen-bond donors (Lipinski definition) is 0. The van der Waals surface area contributed by atoms with Gasteiger partial charge in [0.25, 0.3) is 5.56 Å². The third-order valence-electron chi connectivity index (χ3n) is 4.63. The van der Waals surface area contributed by atoms with Crippen LogP contribution in [0.2, 0.25) is 0 Å². The molecule has 1 fully saturated rings. The third-order valence-corrected chi connectivity index (χ3v) is 5.45. The van der Waals surface area contributed by atoms with Crippen molar-refractivity contribution in [3.8, 4) is 11.4 Å². The van der Waals surface area contributed by atoms with Gasteiger partial charge in [-0.25, -0.2) is 9.37 Å². The first-order valence-electron chi connectivity index (χ1n) is 9.25. The maximum Gasteiger partial charge on any atom is 0.268 e. The first-order chi connectivity index (χ1) is 13.2. The van der Waals surface area contributed by atoms with Crippen LogP contribution in [-0.2, 0) is 6.54 Å². The van der Waals surface area contributed by atoms with E-state index in [1.54, 1.807) is 28.5 Å². The molecule has 0 bridgehead atoms. The molecule has 0 N–H and O–H groups in total. The van der Waals surface area contributed by atoms with Crippen LogP contribution in [0.5, 0.6) is 5.75 Å². The van der Waals surface area contributed by atoms with Crippen molar-refractivity contribution in [1.82, 2.24) is 14.1 Å². The smallest absolute Gasteiger partial charge is 0.268 e. The molecule has 142 valence electrons. The van der Waals surface area contributed by atoms with Gasteiger partial charge in [0, 0.05) is 12.7 Å². The van der Waals surface area contributed by atoms with Gasteiger partial charge in [-0.2, -0.15) is 0 Å². The van der Waals surface area contributed by atoms with E-state index in [1.807, 2.05) is 31.3 Å². The lowest BCUT2D eigenvalue weighted by atomic mass is 10.3. The molecule has 0 amide bonds. The predicted octanol–water partition coefficient (Wildman–Crippen LogP) is 4.06. The molecule has 2 heterocycles. The molecule has 7 heteroatoms. The van der Waals surface area contributed by atoms with Gasteiger partial charge in [0.1, 0.15) is 24.7 Å². The van der Waals surface area contributed by atoms with Crippen molar-refractivity contribution >= 4 is 22.8 Å². The molecular formula is C20H22FN3O2S. The zero-order valence-electron chi connectivity index (χ0n) is 15.2. The Bertz CT molecular complexity index is 993. The second kappa shape index (κ2) is 7.76. The Morgan fingerprint density at radius 3 is 2.70 bits per heavy atom. The number of rotatable bonds is 8. The summed E-state index contributed by atoms with van der Waals surface area (Å²) < 4.78 is 21.3. The second-order valence-corrected chi connectivity index (χ2v) is 7.88. The van der Waals surface area contributed by atoms with Gasteiger partial charge in [-0.1, -0.05) is 18.7 Å². The van der Waals surface area contributed by atoms with Crippen molar-refractivity contribution in [3.63, 3.8) is 0 Å². The van der Waals surface area contributed by atoms with Gasteiger partial charge in [-0.3, -0.25) is 9.36 Å². The Morgan fingerprint density at radius 1 is 1.26 bits per heavy atom. The molecule has 4 rings (SSSR count). The van der Waals surface area contributed by atoms with Gasteiger partial charge in [-0.15, -0.1) is 0 Å². The van der Waals surface area contributed by atoms with Gasteiger partial charge >= 0.3 is 0 Å². The summed E-state index contributed by atoms with van der Waals surface area (Å²) in [5.41, 5.74) is 1.43. The molecular weight excluding hydrogens is 365 g/mol. The van der Waals surface area contributed by atoms with Gasteiger partial charge in [0.05, 0.1) is 11.1 Å².